The highest BCUT2D eigenvalue weighted by molar-refractivity contribution is 7.27. The van der Waals surface area contributed by atoms with Gasteiger partial charge in [0.05, 0.1) is 0 Å². The van der Waals surface area contributed by atoms with Crippen molar-refractivity contribution in [2.75, 3.05) is 0 Å². The first-order chi connectivity index (χ1) is 28.3. The van der Waals surface area contributed by atoms with Gasteiger partial charge in [0.2, 0.25) is 0 Å². The standard InChI is InChI=1S/C54H30OS2/c1-2-12-33-28-34(21-20-31(33)10-1)45-30-56-54-41(45)24-27-48-52(54)43-19-9-18-42(53(43)57-48)50-39-16-7-5-14-37(39)49(38-15-6-8-17-40(38)50)35-23-25-46-44(29-35)51-36-13-4-3-11-32(36)22-26-47(51)55-46/h1-30H. The van der Waals surface area contributed by atoms with Gasteiger partial charge < -0.3 is 4.42 Å². The molecule has 13 rings (SSSR count). The van der Waals surface area contributed by atoms with Crippen molar-refractivity contribution in [3.63, 3.8) is 0 Å². The zero-order valence-corrected chi connectivity index (χ0v) is 32.2. The molecule has 0 amide bonds. The van der Waals surface area contributed by atoms with Crippen LogP contribution in [0.3, 0.4) is 0 Å². The number of furan rings is 1. The Morgan fingerprint density at radius 2 is 1.00 bits per heavy atom. The monoisotopic (exact) mass is 758 g/mol. The summed E-state index contributed by atoms with van der Waals surface area (Å²) in [4.78, 5) is 0. The van der Waals surface area contributed by atoms with Crippen molar-refractivity contribution in [2.45, 2.75) is 0 Å². The van der Waals surface area contributed by atoms with Crippen molar-refractivity contribution >= 4 is 118 Å². The molecule has 0 N–H and O–H groups in total. The van der Waals surface area contributed by atoms with Gasteiger partial charge in [-0.25, -0.2) is 0 Å². The first kappa shape index (κ1) is 31.4. The molecule has 0 aliphatic rings. The van der Waals surface area contributed by atoms with E-state index in [1.54, 1.807) is 0 Å². The van der Waals surface area contributed by atoms with Gasteiger partial charge >= 0.3 is 0 Å². The smallest absolute Gasteiger partial charge is 0.136 e. The Kier molecular flexibility index (Phi) is 6.54. The SMILES string of the molecule is c1ccc2cc(-c3csc4c3ccc3sc5c(-c6c7ccccc7c(-c7ccc8oc9ccc%10ccccc%10c9c8c7)c7ccccc67)cccc5c34)ccc2c1. The summed E-state index contributed by atoms with van der Waals surface area (Å²) in [6, 6.07) is 64.8. The molecular weight excluding hydrogens is 729 g/mol. The van der Waals surface area contributed by atoms with Gasteiger partial charge in [0, 0.05) is 52.2 Å². The third-order valence-corrected chi connectivity index (χ3v) is 14.3. The third-order valence-electron chi connectivity index (χ3n) is 12.1. The number of benzene rings is 10. The minimum absolute atomic E-state index is 0.913. The predicted octanol–water partition coefficient (Wildman–Crippen LogP) is 16.8. The summed E-state index contributed by atoms with van der Waals surface area (Å²) >= 11 is 3.80. The van der Waals surface area contributed by atoms with Gasteiger partial charge in [0.25, 0.3) is 0 Å². The molecule has 0 aliphatic carbocycles. The van der Waals surface area contributed by atoms with Crippen molar-refractivity contribution < 1.29 is 4.42 Å². The maximum atomic E-state index is 6.44. The molecule has 3 heteroatoms. The normalized spacial score (nSPS) is 12.2. The molecule has 0 bridgehead atoms. The van der Waals surface area contributed by atoms with Gasteiger partial charge in [0.1, 0.15) is 11.2 Å². The Balaban J connectivity index is 1.05. The van der Waals surface area contributed by atoms with Crippen molar-refractivity contribution in [2.24, 2.45) is 0 Å². The fourth-order valence-corrected chi connectivity index (χ4v) is 12.0. The largest absolute Gasteiger partial charge is 0.456 e. The summed E-state index contributed by atoms with van der Waals surface area (Å²) in [5, 5.41) is 18.7. The molecule has 0 unspecified atom stereocenters. The quantitative estimate of drug-likeness (QED) is 0.164. The fourth-order valence-electron chi connectivity index (χ4n) is 9.58. The average Bonchev–Trinajstić information content (AvgIpc) is 3.99. The Morgan fingerprint density at radius 1 is 0.351 bits per heavy atom. The van der Waals surface area contributed by atoms with Crippen LogP contribution in [0.2, 0.25) is 0 Å². The lowest BCUT2D eigenvalue weighted by atomic mass is 9.85. The molecule has 0 radical (unpaired) electrons. The zero-order valence-electron chi connectivity index (χ0n) is 30.5. The molecule has 3 aromatic heterocycles. The van der Waals surface area contributed by atoms with Crippen LogP contribution in [0.5, 0.6) is 0 Å². The Morgan fingerprint density at radius 3 is 1.81 bits per heavy atom. The molecule has 10 aromatic carbocycles. The highest BCUT2D eigenvalue weighted by Crippen LogP contribution is 2.50. The first-order valence-corrected chi connectivity index (χ1v) is 21.1. The molecule has 57 heavy (non-hydrogen) atoms. The van der Waals surface area contributed by atoms with Crippen molar-refractivity contribution in [3.05, 3.63) is 181 Å². The minimum Gasteiger partial charge on any atom is -0.456 e. The predicted molar refractivity (Wildman–Crippen MR) is 248 cm³/mol. The summed E-state index contributed by atoms with van der Waals surface area (Å²) in [5.74, 6) is 0. The van der Waals surface area contributed by atoms with Crippen LogP contribution in [0.25, 0.3) is 129 Å². The summed E-state index contributed by atoms with van der Waals surface area (Å²) in [6.07, 6.45) is 0. The van der Waals surface area contributed by atoms with Gasteiger partial charge in [-0.2, -0.15) is 0 Å². The topological polar surface area (TPSA) is 13.1 Å². The van der Waals surface area contributed by atoms with Crippen LogP contribution >= 0.6 is 22.7 Å². The second-order valence-corrected chi connectivity index (χ2v) is 17.1. The number of hydrogen-bond donors (Lipinski definition) is 0. The van der Waals surface area contributed by atoms with E-state index in [4.69, 9.17) is 4.42 Å². The number of thiophene rings is 2. The second kappa shape index (κ2) is 11.9. The Bertz CT molecular complexity index is 3760. The Hall–Kier alpha value is -6.78. The summed E-state index contributed by atoms with van der Waals surface area (Å²) in [6.45, 7) is 0. The molecule has 0 aliphatic heterocycles. The van der Waals surface area contributed by atoms with Crippen LogP contribution in [-0.2, 0) is 0 Å². The highest BCUT2D eigenvalue weighted by atomic mass is 32.1. The lowest BCUT2D eigenvalue weighted by molar-refractivity contribution is 0.669. The van der Waals surface area contributed by atoms with E-state index in [9.17, 15) is 0 Å². The van der Waals surface area contributed by atoms with Crippen molar-refractivity contribution in [1.29, 1.82) is 0 Å². The molecule has 0 spiro atoms. The van der Waals surface area contributed by atoms with Gasteiger partial charge in [-0.1, -0.05) is 146 Å². The number of hydrogen-bond acceptors (Lipinski definition) is 3. The lowest BCUT2D eigenvalue weighted by Crippen LogP contribution is -1.91. The minimum atomic E-state index is 0.913. The molecular formula is C54H30OS2. The van der Waals surface area contributed by atoms with E-state index in [-0.39, 0.29) is 0 Å². The summed E-state index contributed by atoms with van der Waals surface area (Å²) < 4.78 is 10.5. The maximum Gasteiger partial charge on any atom is 0.136 e. The van der Waals surface area contributed by atoms with Crippen LogP contribution in [0.15, 0.2) is 186 Å². The third kappa shape index (κ3) is 4.50. The molecule has 1 nitrogen and oxygen atoms in total. The number of rotatable bonds is 3. The van der Waals surface area contributed by atoms with Crippen LogP contribution < -0.4 is 0 Å². The van der Waals surface area contributed by atoms with E-state index >= 15 is 0 Å². The van der Waals surface area contributed by atoms with E-state index < -0.39 is 0 Å². The molecule has 13 aromatic rings. The molecule has 0 saturated heterocycles. The van der Waals surface area contributed by atoms with Gasteiger partial charge in [-0.05, 0) is 101 Å². The zero-order chi connectivity index (χ0) is 37.2. The molecule has 264 valence electrons. The van der Waals surface area contributed by atoms with Gasteiger partial charge in [-0.15, -0.1) is 22.7 Å². The average molecular weight is 759 g/mol. The summed E-state index contributed by atoms with van der Waals surface area (Å²) in [7, 11) is 0. The molecule has 0 saturated carbocycles. The number of fused-ring (bicyclic) bond motifs is 13. The molecule has 0 atom stereocenters. The van der Waals surface area contributed by atoms with E-state index in [0.717, 1.165) is 16.6 Å². The first-order valence-electron chi connectivity index (χ1n) is 19.4. The van der Waals surface area contributed by atoms with Gasteiger partial charge in [-0.3, -0.25) is 0 Å². The van der Waals surface area contributed by atoms with Crippen LogP contribution in [-0.4, -0.2) is 0 Å². The second-order valence-electron chi connectivity index (χ2n) is 15.1. The van der Waals surface area contributed by atoms with E-state index in [2.05, 4.69) is 181 Å². The molecule has 3 heterocycles. The van der Waals surface area contributed by atoms with Gasteiger partial charge in [0.15, 0.2) is 0 Å². The highest BCUT2D eigenvalue weighted by Gasteiger charge is 2.22. The van der Waals surface area contributed by atoms with Crippen LogP contribution in [0, 0.1) is 0 Å². The lowest BCUT2D eigenvalue weighted by Gasteiger charge is -2.18. The molecule has 0 fully saturated rings. The van der Waals surface area contributed by atoms with E-state index in [1.807, 2.05) is 22.7 Å². The van der Waals surface area contributed by atoms with Crippen molar-refractivity contribution in [3.8, 4) is 33.4 Å². The van der Waals surface area contributed by atoms with Crippen LogP contribution in [0.4, 0.5) is 0 Å². The van der Waals surface area contributed by atoms with Crippen LogP contribution in [0.1, 0.15) is 0 Å². The maximum absolute atomic E-state index is 6.44. The Labute approximate surface area is 335 Å². The fraction of sp³-hybridized carbons (Fsp3) is 0. The van der Waals surface area contributed by atoms with E-state index in [0.29, 0.717) is 0 Å². The summed E-state index contributed by atoms with van der Waals surface area (Å²) in [5.41, 5.74) is 9.44. The van der Waals surface area contributed by atoms with E-state index in [1.165, 1.54) is 112 Å². The van der Waals surface area contributed by atoms with Crippen molar-refractivity contribution in [1.82, 2.24) is 0 Å².